The summed E-state index contributed by atoms with van der Waals surface area (Å²) < 4.78 is 10.6. The van der Waals surface area contributed by atoms with Gasteiger partial charge >= 0.3 is 0 Å². The van der Waals surface area contributed by atoms with Crippen LogP contribution in [0.5, 0.6) is 11.5 Å². The average Bonchev–Trinajstić information content (AvgIpc) is 3.09. The third-order valence-corrected chi connectivity index (χ3v) is 4.61. The van der Waals surface area contributed by atoms with Crippen molar-refractivity contribution in [2.24, 2.45) is 0 Å². The Bertz CT molecular complexity index is 901. The number of nitrogens with zero attached hydrogens (tertiary/aromatic N) is 1. The second kappa shape index (κ2) is 7.95. The number of hydrogen-bond acceptors (Lipinski definition) is 3. The Balaban J connectivity index is 1.63. The Hall–Kier alpha value is -2.95. The first-order chi connectivity index (χ1) is 12.6. The van der Waals surface area contributed by atoms with E-state index in [0.717, 1.165) is 22.6 Å². The van der Waals surface area contributed by atoms with Gasteiger partial charge in [0.2, 0.25) is 5.91 Å². The Kier molecular flexibility index (Phi) is 5.46. The zero-order chi connectivity index (χ0) is 18.5. The Morgan fingerprint density at radius 1 is 1.08 bits per heavy atom. The molecule has 0 aliphatic carbocycles. The smallest absolute Gasteiger partial charge is 0.222 e. The lowest BCUT2D eigenvalue weighted by atomic mass is 10.1. The molecule has 0 bridgehead atoms. The summed E-state index contributed by atoms with van der Waals surface area (Å²) in [6, 6.07) is 13.8. The van der Waals surface area contributed by atoms with E-state index in [1.54, 1.807) is 19.1 Å². The van der Waals surface area contributed by atoms with E-state index in [2.05, 4.69) is 11.1 Å². The minimum Gasteiger partial charge on any atom is -0.497 e. The first-order valence-corrected chi connectivity index (χ1v) is 8.62. The van der Waals surface area contributed by atoms with Crippen molar-refractivity contribution in [3.8, 4) is 11.5 Å². The fourth-order valence-corrected chi connectivity index (χ4v) is 3.10. The van der Waals surface area contributed by atoms with Gasteiger partial charge in [0.05, 0.1) is 14.2 Å². The van der Waals surface area contributed by atoms with Crippen LogP contribution in [0.15, 0.2) is 48.7 Å². The van der Waals surface area contributed by atoms with Gasteiger partial charge in [0.25, 0.3) is 0 Å². The third kappa shape index (κ3) is 3.82. The second-order valence-corrected chi connectivity index (χ2v) is 6.29. The lowest BCUT2D eigenvalue weighted by Crippen LogP contribution is -2.26. The predicted octanol–water partition coefficient (Wildman–Crippen LogP) is 3.78. The molecule has 0 saturated heterocycles. The highest BCUT2D eigenvalue weighted by atomic mass is 16.5. The maximum Gasteiger partial charge on any atom is 0.222 e. The molecule has 0 atom stereocenters. The number of H-pyrrole nitrogens is 1. The highest BCUT2D eigenvalue weighted by Gasteiger charge is 2.14. The molecule has 5 nitrogen and oxygen atoms in total. The molecule has 0 radical (unpaired) electrons. The highest BCUT2D eigenvalue weighted by molar-refractivity contribution is 5.84. The van der Waals surface area contributed by atoms with Gasteiger partial charge in [-0.2, -0.15) is 0 Å². The van der Waals surface area contributed by atoms with Gasteiger partial charge in [0, 0.05) is 48.7 Å². The number of rotatable bonds is 7. The molecule has 0 unspecified atom stereocenters. The molecule has 0 saturated carbocycles. The van der Waals surface area contributed by atoms with Gasteiger partial charge in [-0.1, -0.05) is 18.2 Å². The summed E-state index contributed by atoms with van der Waals surface area (Å²) >= 11 is 0. The number of benzene rings is 2. The molecular weight excluding hydrogens is 328 g/mol. The van der Waals surface area contributed by atoms with Gasteiger partial charge in [-0.25, -0.2) is 0 Å². The molecule has 136 valence electrons. The van der Waals surface area contributed by atoms with Crippen molar-refractivity contribution < 1.29 is 14.3 Å². The molecule has 0 spiro atoms. The van der Waals surface area contributed by atoms with E-state index in [1.165, 1.54) is 10.9 Å². The molecule has 0 aliphatic rings. The van der Waals surface area contributed by atoms with Crippen molar-refractivity contribution in [3.05, 3.63) is 59.8 Å². The topological polar surface area (TPSA) is 54.6 Å². The van der Waals surface area contributed by atoms with Crippen LogP contribution in [0.3, 0.4) is 0 Å². The van der Waals surface area contributed by atoms with Crippen LogP contribution >= 0.6 is 0 Å². The first-order valence-electron chi connectivity index (χ1n) is 8.62. The fourth-order valence-electron chi connectivity index (χ4n) is 3.10. The third-order valence-electron chi connectivity index (χ3n) is 4.61. The number of aryl methyl sites for hydroxylation is 1. The van der Waals surface area contributed by atoms with E-state index >= 15 is 0 Å². The number of para-hydroxylation sites is 1. The van der Waals surface area contributed by atoms with E-state index in [-0.39, 0.29) is 5.91 Å². The van der Waals surface area contributed by atoms with E-state index in [9.17, 15) is 4.79 Å². The quantitative estimate of drug-likeness (QED) is 0.704. The Morgan fingerprint density at radius 3 is 2.65 bits per heavy atom. The van der Waals surface area contributed by atoms with E-state index in [4.69, 9.17) is 9.47 Å². The Morgan fingerprint density at radius 2 is 1.88 bits per heavy atom. The van der Waals surface area contributed by atoms with Crippen molar-refractivity contribution in [1.29, 1.82) is 0 Å². The van der Waals surface area contributed by atoms with Crippen molar-refractivity contribution in [2.75, 3.05) is 21.3 Å². The summed E-state index contributed by atoms with van der Waals surface area (Å²) in [4.78, 5) is 17.5. The number of carbonyl (C=O) groups excluding carboxylic acids is 1. The summed E-state index contributed by atoms with van der Waals surface area (Å²) in [6.07, 6.45) is 3.17. The van der Waals surface area contributed by atoms with Gasteiger partial charge in [0.1, 0.15) is 11.5 Å². The first kappa shape index (κ1) is 17.9. The van der Waals surface area contributed by atoms with Crippen LogP contribution in [0.25, 0.3) is 10.9 Å². The zero-order valence-corrected chi connectivity index (χ0v) is 15.4. The van der Waals surface area contributed by atoms with Crippen LogP contribution < -0.4 is 9.47 Å². The molecule has 1 amide bonds. The minimum atomic E-state index is 0.105. The molecule has 1 aromatic heterocycles. The molecule has 3 aromatic rings. The minimum absolute atomic E-state index is 0.105. The number of ether oxygens (including phenoxy) is 2. The number of fused-ring (bicyclic) bond motifs is 1. The number of methoxy groups -OCH3 is 2. The molecule has 5 heteroatoms. The fraction of sp³-hybridized carbons (Fsp3) is 0.286. The number of nitrogens with one attached hydrogen (secondary N) is 1. The molecule has 2 aromatic carbocycles. The maximum absolute atomic E-state index is 12.6. The van der Waals surface area contributed by atoms with Gasteiger partial charge in [-0.15, -0.1) is 0 Å². The SMILES string of the molecule is COc1ccc(CN(C)C(=O)CCc2c[nH]c3ccccc23)c(OC)c1. The van der Waals surface area contributed by atoms with E-state index in [0.29, 0.717) is 19.4 Å². The summed E-state index contributed by atoms with van der Waals surface area (Å²) in [5, 5.41) is 1.18. The number of hydrogen-bond donors (Lipinski definition) is 1. The normalized spacial score (nSPS) is 10.7. The molecule has 1 N–H and O–H groups in total. The second-order valence-electron chi connectivity index (χ2n) is 6.29. The van der Waals surface area contributed by atoms with Crippen LogP contribution in [0.1, 0.15) is 17.5 Å². The number of amides is 1. The van der Waals surface area contributed by atoms with Gasteiger partial charge < -0.3 is 19.4 Å². The summed E-state index contributed by atoms with van der Waals surface area (Å²) in [7, 11) is 5.06. The standard InChI is InChI=1S/C21H24N2O3/c1-23(14-16-8-10-17(25-2)12-20(16)26-3)21(24)11-9-15-13-22-19-7-5-4-6-18(15)19/h4-8,10,12-13,22H,9,11,14H2,1-3H3. The Labute approximate surface area is 153 Å². The molecule has 26 heavy (non-hydrogen) atoms. The molecule has 0 fully saturated rings. The number of aromatic amines is 1. The van der Waals surface area contributed by atoms with Crippen molar-refractivity contribution in [2.45, 2.75) is 19.4 Å². The van der Waals surface area contributed by atoms with Crippen LogP contribution in [0.4, 0.5) is 0 Å². The van der Waals surface area contributed by atoms with Crippen LogP contribution in [0, 0.1) is 0 Å². The number of aromatic nitrogens is 1. The van der Waals surface area contributed by atoms with Crippen LogP contribution in [0.2, 0.25) is 0 Å². The van der Waals surface area contributed by atoms with Gasteiger partial charge in [-0.05, 0) is 30.2 Å². The summed E-state index contributed by atoms with van der Waals surface area (Å²) in [6.45, 7) is 0.500. The molecular formula is C21H24N2O3. The molecule has 1 heterocycles. The van der Waals surface area contributed by atoms with Crippen molar-refractivity contribution >= 4 is 16.8 Å². The highest BCUT2D eigenvalue weighted by Crippen LogP contribution is 2.26. The van der Waals surface area contributed by atoms with E-state index < -0.39 is 0 Å². The summed E-state index contributed by atoms with van der Waals surface area (Å²) in [5.41, 5.74) is 3.23. The van der Waals surface area contributed by atoms with Crippen molar-refractivity contribution in [3.63, 3.8) is 0 Å². The maximum atomic E-state index is 12.6. The molecule has 3 rings (SSSR count). The van der Waals surface area contributed by atoms with Crippen LogP contribution in [-0.4, -0.2) is 37.1 Å². The monoisotopic (exact) mass is 352 g/mol. The lowest BCUT2D eigenvalue weighted by Gasteiger charge is -2.19. The summed E-state index contributed by atoms with van der Waals surface area (Å²) in [5.74, 6) is 1.56. The largest absolute Gasteiger partial charge is 0.497 e. The lowest BCUT2D eigenvalue weighted by molar-refractivity contribution is -0.130. The van der Waals surface area contributed by atoms with Gasteiger partial charge in [0.15, 0.2) is 0 Å². The van der Waals surface area contributed by atoms with Crippen LogP contribution in [-0.2, 0) is 17.8 Å². The average molecular weight is 352 g/mol. The predicted molar refractivity (Wildman–Crippen MR) is 103 cm³/mol. The number of carbonyl (C=O) groups is 1. The van der Waals surface area contributed by atoms with Gasteiger partial charge in [-0.3, -0.25) is 4.79 Å². The van der Waals surface area contributed by atoms with E-state index in [1.807, 2.05) is 49.6 Å². The molecule has 0 aliphatic heterocycles. The van der Waals surface area contributed by atoms with Crippen molar-refractivity contribution in [1.82, 2.24) is 9.88 Å². The zero-order valence-electron chi connectivity index (χ0n) is 15.4.